The standard InChI is InChI=1S/C20H26N2O2S/c1-15-9-11-22(12-10-15)18(19-4-3-13-25-19)14-21-20(23)16-5-7-17(24-2)8-6-16/h3-8,13,15,18H,9-12,14H2,1-2H3,(H,21,23). The van der Waals surface area contributed by atoms with Gasteiger partial charge in [-0.05, 0) is 67.6 Å². The molecule has 0 bridgehead atoms. The molecule has 0 saturated carbocycles. The summed E-state index contributed by atoms with van der Waals surface area (Å²) in [5.74, 6) is 1.53. The zero-order chi connectivity index (χ0) is 17.6. The van der Waals surface area contributed by atoms with Gasteiger partial charge in [-0.25, -0.2) is 0 Å². The Morgan fingerprint density at radius 1 is 1.28 bits per heavy atom. The first kappa shape index (κ1) is 18.0. The monoisotopic (exact) mass is 358 g/mol. The first-order valence-corrected chi connectivity index (χ1v) is 9.75. The molecule has 1 aromatic heterocycles. The minimum atomic E-state index is -0.0328. The molecule has 0 spiro atoms. The van der Waals surface area contributed by atoms with Crippen molar-refractivity contribution in [2.24, 2.45) is 5.92 Å². The van der Waals surface area contributed by atoms with Crippen LogP contribution in [0.25, 0.3) is 0 Å². The lowest BCUT2D eigenvalue weighted by molar-refractivity contribution is 0.0915. The number of ether oxygens (including phenoxy) is 1. The van der Waals surface area contributed by atoms with E-state index in [0.29, 0.717) is 12.1 Å². The first-order valence-electron chi connectivity index (χ1n) is 8.87. The van der Waals surface area contributed by atoms with Gasteiger partial charge in [0.25, 0.3) is 5.91 Å². The van der Waals surface area contributed by atoms with Crippen LogP contribution >= 0.6 is 11.3 Å². The molecule has 2 aromatic rings. The Labute approximate surface area is 153 Å². The number of likely N-dealkylation sites (tertiary alicyclic amines) is 1. The number of carbonyl (C=O) groups is 1. The van der Waals surface area contributed by atoms with E-state index in [1.54, 1.807) is 30.6 Å². The highest BCUT2D eigenvalue weighted by molar-refractivity contribution is 7.10. The second-order valence-corrected chi connectivity index (χ2v) is 7.67. The van der Waals surface area contributed by atoms with E-state index in [4.69, 9.17) is 4.74 Å². The zero-order valence-corrected chi connectivity index (χ0v) is 15.7. The van der Waals surface area contributed by atoms with Gasteiger partial charge in [-0.2, -0.15) is 0 Å². The van der Waals surface area contributed by atoms with Crippen molar-refractivity contribution in [3.63, 3.8) is 0 Å². The highest BCUT2D eigenvalue weighted by Crippen LogP contribution is 2.29. The number of benzene rings is 1. The first-order chi connectivity index (χ1) is 12.2. The quantitative estimate of drug-likeness (QED) is 0.850. The van der Waals surface area contributed by atoms with Crippen LogP contribution in [0.2, 0.25) is 0 Å². The SMILES string of the molecule is COc1ccc(C(=O)NCC(c2cccs2)N2CCC(C)CC2)cc1. The van der Waals surface area contributed by atoms with Crippen LogP contribution in [-0.4, -0.2) is 37.6 Å². The summed E-state index contributed by atoms with van der Waals surface area (Å²) in [6, 6.07) is 11.8. The maximum absolute atomic E-state index is 12.5. The molecule has 1 amide bonds. The minimum Gasteiger partial charge on any atom is -0.497 e. The fourth-order valence-electron chi connectivity index (χ4n) is 3.26. The molecule has 0 aliphatic carbocycles. The average Bonchev–Trinajstić information content (AvgIpc) is 3.17. The molecular weight excluding hydrogens is 332 g/mol. The molecule has 3 rings (SSSR count). The summed E-state index contributed by atoms with van der Waals surface area (Å²) in [6.45, 7) is 5.16. The Morgan fingerprint density at radius 2 is 2.00 bits per heavy atom. The third-order valence-corrected chi connectivity index (χ3v) is 5.91. The number of nitrogens with one attached hydrogen (secondary N) is 1. The largest absolute Gasteiger partial charge is 0.497 e. The number of hydrogen-bond acceptors (Lipinski definition) is 4. The molecule has 1 aliphatic rings. The Kier molecular flexibility index (Phi) is 6.10. The van der Waals surface area contributed by atoms with E-state index in [9.17, 15) is 4.79 Å². The van der Waals surface area contributed by atoms with Gasteiger partial charge in [0.1, 0.15) is 5.75 Å². The average molecular weight is 359 g/mol. The lowest BCUT2D eigenvalue weighted by atomic mass is 9.97. The van der Waals surface area contributed by atoms with E-state index in [-0.39, 0.29) is 11.9 Å². The second-order valence-electron chi connectivity index (χ2n) is 6.69. The van der Waals surface area contributed by atoms with E-state index in [0.717, 1.165) is 24.8 Å². The van der Waals surface area contributed by atoms with Gasteiger partial charge in [-0.15, -0.1) is 11.3 Å². The Balaban J connectivity index is 1.64. The highest BCUT2D eigenvalue weighted by atomic mass is 32.1. The van der Waals surface area contributed by atoms with Gasteiger partial charge in [0.15, 0.2) is 0 Å². The van der Waals surface area contributed by atoms with Crippen LogP contribution in [0.1, 0.15) is 41.0 Å². The Bertz CT molecular complexity index is 662. The lowest BCUT2D eigenvalue weighted by Crippen LogP contribution is -2.41. The number of hydrogen-bond donors (Lipinski definition) is 1. The number of nitrogens with zero attached hydrogens (tertiary/aromatic N) is 1. The normalized spacial score (nSPS) is 17.2. The number of thiophene rings is 1. The third-order valence-electron chi connectivity index (χ3n) is 4.94. The van der Waals surface area contributed by atoms with E-state index >= 15 is 0 Å². The van der Waals surface area contributed by atoms with Crippen molar-refractivity contribution in [1.82, 2.24) is 10.2 Å². The van der Waals surface area contributed by atoms with Crippen LogP contribution in [0.3, 0.4) is 0 Å². The van der Waals surface area contributed by atoms with Gasteiger partial charge >= 0.3 is 0 Å². The Morgan fingerprint density at radius 3 is 2.60 bits per heavy atom. The van der Waals surface area contributed by atoms with Crippen molar-refractivity contribution < 1.29 is 9.53 Å². The zero-order valence-electron chi connectivity index (χ0n) is 14.9. The summed E-state index contributed by atoms with van der Waals surface area (Å²) in [4.78, 5) is 16.3. The molecule has 1 fully saturated rings. The van der Waals surface area contributed by atoms with Crippen molar-refractivity contribution in [2.75, 3.05) is 26.7 Å². The van der Waals surface area contributed by atoms with Crippen LogP contribution in [0.5, 0.6) is 5.75 Å². The molecule has 1 atom stereocenters. The molecule has 1 aliphatic heterocycles. The van der Waals surface area contributed by atoms with Crippen molar-refractivity contribution >= 4 is 17.2 Å². The number of carbonyl (C=O) groups excluding carboxylic acids is 1. The highest BCUT2D eigenvalue weighted by Gasteiger charge is 2.25. The molecule has 2 heterocycles. The van der Waals surface area contributed by atoms with Crippen LogP contribution < -0.4 is 10.1 Å². The summed E-state index contributed by atoms with van der Waals surface area (Å²) < 4.78 is 5.15. The summed E-state index contributed by atoms with van der Waals surface area (Å²) in [6.07, 6.45) is 2.46. The van der Waals surface area contributed by atoms with Gasteiger partial charge in [-0.3, -0.25) is 9.69 Å². The van der Waals surface area contributed by atoms with Crippen molar-refractivity contribution in [1.29, 1.82) is 0 Å². The lowest BCUT2D eigenvalue weighted by Gasteiger charge is -2.36. The van der Waals surface area contributed by atoms with Gasteiger partial charge in [0.2, 0.25) is 0 Å². The molecule has 4 nitrogen and oxygen atoms in total. The molecule has 25 heavy (non-hydrogen) atoms. The smallest absolute Gasteiger partial charge is 0.251 e. The molecule has 1 aromatic carbocycles. The van der Waals surface area contributed by atoms with Gasteiger partial charge < -0.3 is 10.1 Å². The maximum Gasteiger partial charge on any atom is 0.251 e. The van der Waals surface area contributed by atoms with E-state index in [1.165, 1.54) is 17.7 Å². The fourth-order valence-corrected chi connectivity index (χ4v) is 4.13. The van der Waals surface area contributed by atoms with Crippen LogP contribution in [0, 0.1) is 5.92 Å². The Hall–Kier alpha value is -1.85. The number of methoxy groups -OCH3 is 1. The maximum atomic E-state index is 12.5. The van der Waals surface area contributed by atoms with Crippen LogP contribution in [0.4, 0.5) is 0 Å². The minimum absolute atomic E-state index is 0.0328. The molecule has 1 N–H and O–H groups in total. The van der Waals surface area contributed by atoms with Crippen LogP contribution in [0.15, 0.2) is 41.8 Å². The molecule has 5 heteroatoms. The number of rotatable bonds is 6. The van der Waals surface area contributed by atoms with Gasteiger partial charge in [-0.1, -0.05) is 13.0 Å². The molecular formula is C20H26N2O2S. The number of piperidine rings is 1. The third kappa shape index (κ3) is 4.61. The van der Waals surface area contributed by atoms with Gasteiger partial charge in [0, 0.05) is 17.0 Å². The summed E-state index contributed by atoms with van der Waals surface area (Å²) in [5, 5.41) is 5.23. The van der Waals surface area contributed by atoms with E-state index < -0.39 is 0 Å². The second kappa shape index (κ2) is 8.50. The summed E-state index contributed by atoms with van der Waals surface area (Å²) >= 11 is 1.77. The summed E-state index contributed by atoms with van der Waals surface area (Å²) in [7, 11) is 1.63. The summed E-state index contributed by atoms with van der Waals surface area (Å²) in [5.41, 5.74) is 0.665. The van der Waals surface area contributed by atoms with Crippen LogP contribution in [-0.2, 0) is 0 Å². The fraction of sp³-hybridized carbons (Fsp3) is 0.450. The molecule has 134 valence electrons. The van der Waals surface area contributed by atoms with E-state index in [2.05, 4.69) is 34.7 Å². The van der Waals surface area contributed by atoms with Crippen molar-refractivity contribution in [3.8, 4) is 5.75 Å². The van der Waals surface area contributed by atoms with Crippen molar-refractivity contribution in [3.05, 3.63) is 52.2 Å². The number of amides is 1. The van der Waals surface area contributed by atoms with Gasteiger partial charge in [0.05, 0.1) is 13.2 Å². The van der Waals surface area contributed by atoms with Crippen molar-refractivity contribution in [2.45, 2.75) is 25.8 Å². The predicted octanol–water partition coefficient (Wildman–Crippen LogP) is 3.96. The molecule has 0 radical (unpaired) electrons. The molecule has 1 saturated heterocycles. The van der Waals surface area contributed by atoms with E-state index in [1.807, 2.05) is 12.1 Å². The topological polar surface area (TPSA) is 41.6 Å². The molecule has 1 unspecified atom stereocenters. The predicted molar refractivity (Wildman–Crippen MR) is 102 cm³/mol.